The van der Waals surface area contributed by atoms with E-state index in [0.29, 0.717) is 19.6 Å². The maximum Gasteiger partial charge on any atom is 0.317 e. The van der Waals surface area contributed by atoms with Crippen molar-refractivity contribution in [2.75, 3.05) is 19.7 Å². The SMILES string of the molecule is CCC1(CO)CCN(C(=O)NCc2nc3ccccc3s2)CC1. The zero-order valence-electron chi connectivity index (χ0n) is 13.4. The van der Waals surface area contributed by atoms with Gasteiger partial charge in [0.05, 0.1) is 16.8 Å². The number of piperidine rings is 1. The highest BCUT2D eigenvalue weighted by Gasteiger charge is 2.33. The van der Waals surface area contributed by atoms with Crippen molar-refractivity contribution in [2.24, 2.45) is 5.41 Å². The van der Waals surface area contributed by atoms with Gasteiger partial charge < -0.3 is 15.3 Å². The molecule has 0 atom stereocenters. The number of nitrogens with one attached hydrogen (secondary N) is 1. The first-order valence-electron chi connectivity index (χ1n) is 8.14. The number of aromatic nitrogens is 1. The lowest BCUT2D eigenvalue weighted by molar-refractivity contribution is 0.0519. The number of aliphatic hydroxyl groups is 1. The minimum atomic E-state index is -0.0353. The number of nitrogens with zero attached hydrogens (tertiary/aromatic N) is 2. The van der Waals surface area contributed by atoms with E-state index in [9.17, 15) is 9.90 Å². The molecule has 2 amide bonds. The average Bonchev–Trinajstić information content (AvgIpc) is 3.02. The van der Waals surface area contributed by atoms with Crippen LogP contribution in [0.25, 0.3) is 10.2 Å². The predicted octanol–water partition coefficient (Wildman–Crippen LogP) is 2.99. The molecule has 0 aliphatic carbocycles. The molecule has 0 unspecified atom stereocenters. The van der Waals surface area contributed by atoms with Crippen LogP contribution >= 0.6 is 11.3 Å². The molecule has 2 N–H and O–H groups in total. The summed E-state index contributed by atoms with van der Waals surface area (Å²) < 4.78 is 1.14. The molecular weight excluding hydrogens is 310 g/mol. The lowest BCUT2D eigenvalue weighted by Gasteiger charge is -2.40. The van der Waals surface area contributed by atoms with E-state index in [2.05, 4.69) is 17.2 Å². The molecule has 1 aliphatic heterocycles. The van der Waals surface area contributed by atoms with Crippen molar-refractivity contribution in [2.45, 2.75) is 32.7 Å². The molecule has 1 aromatic heterocycles. The largest absolute Gasteiger partial charge is 0.396 e. The molecular formula is C17H23N3O2S. The van der Waals surface area contributed by atoms with Crippen molar-refractivity contribution < 1.29 is 9.90 Å². The minimum Gasteiger partial charge on any atom is -0.396 e. The van der Waals surface area contributed by atoms with Crippen LogP contribution in [0.3, 0.4) is 0 Å². The topological polar surface area (TPSA) is 65.5 Å². The summed E-state index contributed by atoms with van der Waals surface area (Å²) in [5.74, 6) is 0. The number of likely N-dealkylation sites (tertiary alicyclic amines) is 1. The fraction of sp³-hybridized carbons (Fsp3) is 0.529. The Labute approximate surface area is 140 Å². The van der Waals surface area contributed by atoms with Crippen LogP contribution in [0, 0.1) is 5.41 Å². The van der Waals surface area contributed by atoms with Crippen molar-refractivity contribution in [3.8, 4) is 0 Å². The van der Waals surface area contributed by atoms with Gasteiger partial charge in [0, 0.05) is 19.7 Å². The Bertz CT molecular complexity index is 638. The second-order valence-corrected chi connectivity index (χ2v) is 7.35. The lowest BCUT2D eigenvalue weighted by Crippen LogP contribution is -2.48. The number of hydrogen-bond acceptors (Lipinski definition) is 4. The summed E-state index contributed by atoms with van der Waals surface area (Å²) in [4.78, 5) is 18.7. The molecule has 0 saturated carbocycles. The van der Waals surface area contributed by atoms with Gasteiger partial charge in [0.15, 0.2) is 0 Å². The number of hydrogen-bond donors (Lipinski definition) is 2. The molecule has 3 rings (SSSR count). The highest BCUT2D eigenvalue weighted by Crippen LogP contribution is 2.34. The third kappa shape index (κ3) is 3.48. The van der Waals surface area contributed by atoms with Crippen LogP contribution in [0.2, 0.25) is 0 Å². The molecule has 1 fully saturated rings. The first kappa shape index (κ1) is 16.2. The van der Waals surface area contributed by atoms with Crippen molar-refractivity contribution in [1.29, 1.82) is 0 Å². The molecule has 23 heavy (non-hydrogen) atoms. The Morgan fingerprint density at radius 2 is 2.13 bits per heavy atom. The minimum absolute atomic E-state index is 0.00378. The van der Waals surface area contributed by atoms with E-state index in [1.54, 1.807) is 11.3 Å². The molecule has 5 nitrogen and oxygen atoms in total. The number of aliphatic hydroxyl groups excluding tert-OH is 1. The third-order valence-electron chi connectivity index (χ3n) is 4.93. The molecule has 2 aromatic rings. The third-order valence-corrected chi connectivity index (χ3v) is 5.96. The van der Waals surface area contributed by atoms with E-state index in [1.807, 2.05) is 29.2 Å². The summed E-state index contributed by atoms with van der Waals surface area (Å²) in [5, 5.41) is 13.5. The fourth-order valence-corrected chi connectivity index (χ4v) is 3.97. The quantitative estimate of drug-likeness (QED) is 0.904. The molecule has 1 aromatic carbocycles. The Morgan fingerprint density at radius 3 is 2.78 bits per heavy atom. The fourth-order valence-electron chi connectivity index (χ4n) is 3.07. The van der Waals surface area contributed by atoms with E-state index < -0.39 is 0 Å². The van der Waals surface area contributed by atoms with Crippen molar-refractivity contribution in [3.05, 3.63) is 29.3 Å². The van der Waals surface area contributed by atoms with Gasteiger partial charge in [-0.25, -0.2) is 9.78 Å². The number of fused-ring (bicyclic) bond motifs is 1. The summed E-state index contributed by atoms with van der Waals surface area (Å²) in [6.07, 6.45) is 2.70. The zero-order chi connectivity index (χ0) is 16.3. The summed E-state index contributed by atoms with van der Waals surface area (Å²) >= 11 is 1.62. The number of para-hydroxylation sites is 1. The van der Waals surface area contributed by atoms with E-state index in [4.69, 9.17) is 0 Å². The van der Waals surface area contributed by atoms with Crippen LogP contribution in [0.5, 0.6) is 0 Å². The first-order valence-corrected chi connectivity index (χ1v) is 8.95. The molecule has 0 radical (unpaired) electrons. The number of urea groups is 1. The smallest absolute Gasteiger partial charge is 0.317 e. The molecule has 2 heterocycles. The second kappa shape index (κ2) is 6.84. The molecule has 124 valence electrons. The summed E-state index contributed by atoms with van der Waals surface area (Å²) in [5.41, 5.74) is 0.986. The van der Waals surface area contributed by atoms with Gasteiger partial charge in [-0.05, 0) is 36.8 Å². The van der Waals surface area contributed by atoms with Crippen molar-refractivity contribution >= 4 is 27.6 Å². The second-order valence-electron chi connectivity index (χ2n) is 6.23. The van der Waals surface area contributed by atoms with Gasteiger partial charge in [-0.15, -0.1) is 11.3 Å². The van der Waals surface area contributed by atoms with Gasteiger partial charge in [0.1, 0.15) is 5.01 Å². The summed E-state index contributed by atoms with van der Waals surface area (Å²) in [7, 11) is 0. The number of benzene rings is 1. The summed E-state index contributed by atoms with van der Waals surface area (Å²) in [6, 6.07) is 7.96. The van der Waals surface area contributed by atoms with Gasteiger partial charge in [-0.2, -0.15) is 0 Å². The first-order chi connectivity index (χ1) is 11.2. The predicted molar refractivity (Wildman–Crippen MR) is 92.5 cm³/mol. The Kier molecular flexibility index (Phi) is 4.82. The van der Waals surface area contributed by atoms with Gasteiger partial charge in [-0.1, -0.05) is 19.1 Å². The van der Waals surface area contributed by atoms with Crippen LogP contribution < -0.4 is 5.32 Å². The van der Waals surface area contributed by atoms with E-state index in [1.165, 1.54) is 0 Å². The number of thiazole rings is 1. The highest BCUT2D eigenvalue weighted by molar-refractivity contribution is 7.18. The standard InChI is InChI=1S/C17H23N3O2S/c1-2-17(12-21)7-9-20(10-8-17)16(22)18-11-15-19-13-5-3-4-6-14(13)23-15/h3-6,21H,2,7-12H2,1H3,(H,18,22). The molecule has 1 aliphatic rings. The Morgan fingerprint density at radius 1 is 1.39 bits per heavy atom. The van der Waals surface area contributed by atoms with Crippen molar-refractivity contribution in [3.63, 3.8) is 0 Å². The van der Waals surface area contributed by atoms with Crippen LogP contribution in [0.4, 0.5) is 4.79 Å². The van der Waals surface area contributed by atoms with Gasteiger partial charge >= 0.3 is 6.03 Å². The number of carbonyl (C=O) groups excluding carboxylic acids is 1. The Hall–Kier alpha value is -1.66. The van der Waals surface area contributed by atoms with Gasteiger partial charge in [-0.3, -0.25) is 0 Å². The zero-order valence-corrected chi connectivity index (χ0v) is 14.2. The maximum atomic E-state index is 12.3. The lowest BCUT2D eigenvalue weighted by atomic mass is 9.77. The monoisotopic (exact) mass is 333 g/mol. The molecule has 6 heteroatoms. The molecule has 1 saturated heterocycles. The normalized spacial score (nSPS) is 17.4. The van der Waals surface area contributed by atoms with Crippen LogP contribution in [0.15, 0.2) is 24.3 Å². The van der Waals surface area contributed by atoms with E-state index in [0.717, 1.165) is 34.5 Å². The molecule has 0 spiro atoms. The van der Waals surface area contributed by atoms with Crippen LogP contribution in [-0.2, 0) is 6.54 Å². The van der Waals surface area contributed by atoms with Crippen molar-refractivity contribution in [1.82, 2.24) is 15.2 Å². The molecule has 0 bridgehead atoms. The van der Waals surface area contributed by atoms with Gasteiger partial charge in [0.25, 0.3) is 0 Å². The van der Waals surface area contributed by atoms with E-state index in [-0.39, 0.29) is 18.1 Å². The average molecular weight is 333 g/mol. The maximum absolute atomic E-state index is 12.3. The van der Waals surface area contributed by atoms with Gasteiger partial charge in [0.2, 0.25) is 0 Å². The number of rotatable bonds is 4. The van der Waals surface area contributed by atoms with E-state index >= 15 is 0 Å². The summed E-state index contributed by atoms with van der Waals surface area (Å²) in [6.45, 7) is 4.21. The van der Waals surface area contributed by atoms with Crippen LogP contribution in [-0.4, -0.2) is 40.7 Å². The van der Waals surface area contributed by atoms with Crippen LogP contribution in [0.1, 0.15) is 31.2 Å². The number of amides is 2. The highest BCUT2D eigenvalue weighted by atomic mass is 32.1. The number of carbonyl (C=O) groups is 1. The Balaban J connectivity index is 1.54.